The van der Waals surface area contributed by atoms with E-state index in [1.807, 2.05) is 0 Å². The molecule has 3 nitrogen and oxygen atoms in total. The van der Waals surface area contributed by atoms with Gasteiger partial charge in [-0.05, 0) is 19.4 Å². The Morgan fingerprint density at radius 1 is 1.26 bits per heavy atom. The van der Waals surface area contributed by atoms with Crippen LogP contribution in [-0.4, -0.2) is 22.6 Å². The first-order valence-electron chi connectivity index (χ1n) is 5.92. The van der Waals surface area contributed by atoms with Gasteiger partial charge < -0.3 is 0 Å². The lowest BCUT2D eigenvalue weighted by Crippen LogP contribution is -2.51. The number of carbonyl (C=O) groups is 1. The maximum Gasteiger partial charge on any atom is 0.409 e. The van der Waals surface area contributed by atoms with Gasteiger partial charge in [0.2, 0.25) is 5.91 Å². The van der Waals surface area contributed by atoms with Crippen LogP contribution in [0.2, 0.25) is 0 Å². The fourth-order valence-electron chi connectivity index (χ4n) is 2.34. The van der Waals surface area contributed by atoms with Crippen molar-refractivity contribution in [1.82, 2.24) is 10.4 Å². The molecule has 0 radical (unpaired) electrons. The Kier molecular flexibility index (Phi) is 3.30. The fourth-order valence-corrected chi connectivity index (χ4v) is 2.34. The minimum absolute atomic E-state index is 0.0480. The Bertz CT molecular complexity index is 471. The second-order valence-electron chi connectivity index (χ2n) is 5.25. The average molecular weight is 272 g/mol. The molecular weight excluding hydrogens is 257 g/mol. The first-order chi connectivity index (χ1) is 8.72. The van der Waals surface area contributed by atoms with Gasteiger partial charge in [0.1, 0.15) is 0 Å². The monoisotopic (exact) mass is 272 g/mol. The normalized spacial score (nSPS) is 21.2. The van der Waals surface area contributed by atoms with Crippen LogP contribution < -0.4 is 5.43 Å². The standard InChI is InChI=1S/C13H15F3N2O/c1-12(2)8-10(19)17-18(12)11(13(14,15)16)9-6-4-3-5-7-9/h3-7,11H,8H2,1-2H3,(H,17,19). The van der Waals surface area contributed by atoms with Crippen LogP contribution in [0, 0.1) is 0 Å². The number of carbonyl (C=O) groups excluding carboxylic acids is 1. The molecule has 2 rings (SSSR count). The average Bonchev–Trinajstić information content (AvgIpc) is 2.52. The van der Waals surface area contributed by atoms with Gasteiger partial charge in [0, 0.05) is 12.0 Å². The van der Waals surface area contributed by atoms with E-state index in [4.69, 9.17) is 0 Å². The molecule has 1 amide bonds. The van der Waals surface area contributed by atoms with Crippen molar-refractivity contribution in [1.29, 1.82) is 0 Å². The molecule has 1 aliphatic rings. The summed E-state index contributed by atoms with van der Waals surface area (Å²) in [6.07, 6.45) is -4.41. The zero-order valence-corrected chi connectivity index (χ0v) is 10.7. The van der Waals surface area contributed by atoms with Crippen molar-refractivity contribution in [2.75, 3.05) is 0 Å². The van der Waals surface area contributed by atoms with E-state index in [2.05, 4.69) is 5.43 Å². The highest BCUT2D eigenvalue weighted by Crippen LogP contribution is 2.42. The maximum atomic E-state index is 13.3. The van der Waals surface area contributed by atoms with Gasteiger partial charge in [-0.2, -0.15) is 18.2 Å². The molecule has 1 aliphatic heterocycles. The molecule has 0 aromatic heterocycles. The van der Waals surface area contributed by atoms with E-state index in [1.54, 1.807) is 32.0 Å². The highest BCUT2D eigenvalue weighted by molar-refractivity contribution is 5.79. The minimum Gasteiger partial charge on any atom is -0.287 e. The number of nitrogens with zero attached hydrogens (tertiary/aromatic N) is 1. The quantitative estimate of drug-likeness (QED) is 0.898. The van der Waals surface area contributed by atoms with E-state index >= 15 is 0 Å². The van der Waals surface area contributed by atoms with Crippen LogP contribution in [0.4, 0.5) is 13.2 Å². The van der Waals surface area contributed by atoms with Crippen LogP contribution in [0.3, 0.4) is 0 Å². The zero-order chi connectivity index (χ0) is 14.3. The predicted octanol–water partition coefficient (Wildman–Crippen LogP) is 2.81. The third-order valence-electron chi connectivity index (χ3n) is 3.17. The molecule has 1 fully saturated rings. The number of hydrogen-bond donors (Lipinski definition) is 1. The molecule has 6 heteroatoms. The van der Waals surface area contributed by atoms with Gasteiger partial charge in [0.05, 0.1) is 0 Å². The van der Waals surface area contributed by atoms with E-state index in [-0.39, 0.29) is 12.0 Å². The molecule has 1 N–H and O–H groups in total. The summed E-state index contributed by atoms with van der Waals surface area (Å²) in [5.41, 5.74) is 1.56. The maximum absolute atomic E-state index is 13.3. The Morgan fingerprint density at radius 3 is 2.26 bits per heavy atom. The summed E-state index contributed by atoms with van der Waals surface area (Å²) in [5.74, 6) is -0.393. The van der Waals surface area contributed by atoms with Crippen molar-refractivity contribution in [3.05, 3.63) is 35.9 Å². The molecule has 0 bridgehead atoms. The summed E-state index contributed by atoms with van der Waals surface area (Å²) in [6, 6.07) is 5.76. The van der Waals surface area contributed by atoms with Gasteiger partial charge in [-0.25, -0.2) is 0 Å². The molecule has 0 spiro atoms. The van der Waals surface area contributed by atoms with E-state index in [0.717, 1.165) is 5.01 Å². The molecule has 1 saturated heterocycles. The van der Waals surface area contributed by atoms with E-state index in [0.29, 0.717) is 0 Å². The number of hydrogen-bond acceptors (Lipinski definition) is 2. The number of nitrogens with one attached hydrogen (secondary N) is 1. The molecule has 0 aliphatic carbocycles. The minimum atomic E-state index is -4.46. The number of alkyl halides is 3. The van der Waals surface area contributed by atoms with Gasteiger partial charge >= 0.3 is 6.18 Å². The Hall–Kier alpha value is -1.56. The molecule has 1 aromatic rings. The second kappa shape index (κ2) is 4.52. The van der Waals surface area contributed by atoms with Gasteiger partial charge in [-0.3, -0.25) is 10.2 Å². The van der Waals surface area contributed by atoms with E-state index in [1.165, 1.54) is 12.1 Å². The molecule has 1 heterocycles. The molecule has 0 saturated carbocycles. The number of halogens is 3. The number of hydrazine groups is 1. The summed E-state index contributed by atoms with van der Waals surface area (Å²) < 4.78 is 40.0. The van der Waals surface area contributed by atoms with Crippen molar-refractivity contribution in [3.63, 3.8) is 0 Å². The second-order valence-corrected chi connectivity index (χ2v) is 5.25. The zero-order valence-electron chi connectivity index (χ0n) is 10.7. The third kappa shape index (κ3) is 2.73. The SMILES string of the molecule is CC1(C)CC(=O)NN1C(c1ccccc1)C(F)(F)F. The van der Waals surface area contributed by atoms with Crippen molar-refractivity contribution < 1.29 is 18.0 Å². The van der Waals surface area contributed by atoms with Gasteiger partial charge in [-0.15, -0.1) is 0 Å². The van der Waals surface area contributed by atoms with Crippen LogP contribution in [0.1, 0.15) is 31.9 Å². The largest absolute Gasteiger partial charge is 0.409 e. The molecule has 1 atom stereocenters. The van der Waals surface area contributed by atoms with Crippen LogP contribution in [0.25, 0.3) is 0 Å². The lowest BCUT2D eigenvalue weighted by molar-refractivity contribution is -0.203. The summed E-state index contributed by atoms with van der Waals surface area (Å²) in [4.78, 5) is 11.4. The lowest BCUT2D eigenvalue weighted by atomic mass is 9.97. The smallest absolute Gasteiger partial charge is 0.287 e. The van der Waals surface area contributed by atoms with Crippen molar-refractivity contribution in [2.24, 2.45) is 0 Å². The third-order valence-corrected chi connectivity index (χ3v) is 3.17. The van der Waals surface area contributed by atoms with Gasteiger partial charge in [0.15, 0.2) is 6.04 Å². The Morgan fingerprint density at radius 2 is 1.84 bits per heavy atom. The molecule has 1 unspecified atom stereocenters. The summed E-state index contributed by atoms with van der Waals surface area (Å²) >= 11 is 0. The Labute approximate surface area is 109 Å². The molecule has 19 heavy (non-hydrogen) atoms. The predicted molar refractivity (Wildman–Crippen MR) is 63.9 cm³/mol. The summed E-state index contributed by atoms with van der Waals surface area (Å²) in [6.45, 7) is 3.24. The number of rotatable bonds is 2. The van der Waals surface area contributed by atoms with Crippen molar-refractivity contribution >= 4 is 5.91 Å². The van der Waals surface area contributed by atoms with Crippen LogP contribution >= 0.6 is 0 Å². The van der Waals surface area contributed by atoms with Crippen LogP contribution in [0.5, 0.6) is 0 Å². The van der Waals surface area contributed by atoms with Gasteiger partial charge in [0.25, 0.3) is 0 Å². The summed E-state index contributed by atoms with van der Waals surface area (Å²) in [5, 5.41) is 1.00. The van der Waals surface area contributed by atoms with Crippen molar-refractivity contribution in [3.8, 4) is 0 Å². The number of benzene rings is 1. The van der Waals surface area contributed by atoms with Gasteiger partial charge in [-0.1, -0.05) is 30.3 Å². The topological polar surface area (TPSA) is 32.3 Å². The Balaban J connectivity index is 2.43. The first kappa shape index (κ1) is 13.9. The molecular formula is C13H15F3N2O. The fraction of sp³-hybridized carbons (Fsp3) is 0.462. The van der Waals surface area contributed by atoms with E-state index < -0.39 is 23.7 Å². The highest BCUT2D eigenvalue weighted by atomic mass is 19.4. The summed E-state index contributed by atoms with van der Waals surface area (Å²) in [7, 11) is 0. The van der Waals surface area contributed by atoms with Crippen molar-refractivity contribution in [2.45, 2.75) is 38.0 Å². The highest BCUT2D eigenvalue weighted by Gasteiger charge is 2.52. The number of amides is 1. The lowest BCUT2D eigenvalue weighted by Gasteiger charge is -2.37. The van der Waals surface area contributed by atoms with Crippen LogP contribution in [0.15, 0.2) is 30.3 Å². The molecule has 1 aromatic carbocycles. The molecule has 104 valence electrons. The van der Waals surface area contributed by atoms with E-state index in [9.17, 15) is 18.0 Å². The first-order valence-corrected chi connectivity index (χ1v) is 5.92. The van der Waals surface area contributed by atoms with Crippen LogP contribution in [-0.2, 0) is 4.79 Å².